The molecule has 0 bridgehead atoms. The number of primary amides is 1. The number of rotatable bonds is 4. The average molecular weight is 278 g/mol. The molecule has 1 rings (SSSR count). The van der Waals surface area contributed by atoms with Crippen molar-refractivity contribution in [3.63, 3.8) is 0 Å². The Morgan fingerprint density at radius 2 is 1.94 bits per heavy atom. The van der Waals surface area contributed by atoms with E-state index < -0.39 is 11.9 Å². The Morgan fingerprint density at radius 3 is 2.56 bits per heavy atom. The Morgan fingerprint density at radius 1 is 1.28 bits per heavy atom. The molecule has 0 aromatic carbocycles. The highest BCUT2D eigenvalue weighted by Crippen LogP contribution is 2.22. The van der Waals surface area contributed by atoms with Crippen LogP contribution in [-0.4, -0.2) is 23.9 Å². The first-order chi connectivity index (χ1) is 7.99. The van der Waals surface area contributed by atoms with E-state index in [-0.39, 0.29) is 30.8 Å². The van der Waals surface area contributed by atoms with E-state index in [0.717, 1.165) is 31.6 Å². The van der Waals surface area contributed by atoms with Crippen molar-refractivity contribution in [1.82, 2.24) is 5.32 Å². The van der Waals surface area contributed by atoms with E-state index in [9.17, 15) is 9.59 Å². The fourth-order valence-corrected chi connectivity index (χ4v) is 2.25. The quantitative estimate of drug-likeness (QED) is 0.660. The van der Waals surface area contributed by atoms with Gasteiger partial charge in [0, 0.05) is 6.04 Å². The first-order valence-electron chi connectivity index (χ1n) is 6.33. The number of halogens is 1. The summed E-state index contributed by atoms with van der Waals surface area (Å²) in [5.41, 5.74) is 10.6. The summed E-state index contributed by atoms with van der Waals surface area (Å²) in [6, 6.07) is -0.612. The van der Waals surface area contributed by atoms with Crippen LogP contribution in [0.15, 0.2) is 0 Å². The molecule has 0 aromatic rings. The van der Waals surface area contributed by atoms with Crippen molar-refractivity contribution in [2.24, 2.45) is 17.4 Å². The molecule has 106 valence electrons. The van der Waals surface area contributed by atoms with Crippen molar-refractivity contribution in [1.29, 1.82) is 0 Å². The Balaban J connectivity index is 0.00000289. The van der Waals surface area contributed by atoms with Crippen molar-refractivity contribution in [3.05, 3.63) is 0 Å². The molecule has 0 radical (unpaired) electrons. The summed E-state index contributed by atoms with van der Waals surface area (Å²) in [6.07, 6.45) is 5.40. The standard InChI is InChI=1S/C12H23N3O2.ClH/c1-8-3-2-4-9(6-5-8)15-12(17)10(13)7-11(14)16;/h8-10H,2-7,13H2,1H3,(H2,14,16)(H,15,17);1H. The first kappa shape index (κ1) is 17.2. The number of carbonyl (C=O) groups is 2. The fraction of sp³-hybridized carbons (Fsp3) is 0.833. The van der Waals surface area contributed by atoms with Gasteiger partial charge in [0.25, 0.3) is 0 Å². The molecule has 3 unspecified atom stereocenters. The third-order valence-electron chi connectivity index (χ3n) is 3.36. The molecule has 0 aromatic heterocycles. The molecule has 2 amide bonds. The lowest BCUT2D eigenvalue weighted by atomic mass is 10.0. The lowest BCUT2D eigenvalue weighted by Crippen LogP contribution is -2.46. The maximum atomic E-state index is 11.7. The minimum absolute atomic E-state index is 0. The average Bonchev–Trinajstić information content (AvgIpc) is 2.42. The third-order valence-corrected chi connectivity index (χ3v) is 3.36. The number of amides is 2. The summed E-state index contributed by atoms with van der Waals surface area (Å²) in [6.45, 7) is 2.24. The molecule has 1 aliphatic rings. The SMILES string of the molecule is CC1CCCC(NC(=O)C(N)CC(N)=O)CC1.Cl. The number of hydrogen-bond donors (Lipinski definition) is 3. The second-order valence-corrected chi connectivity index (χ2v) is 5.10. The Bertz CT molecular complexity index is 286. The van der Waals surface area contributed by atoms with Crippen LogP contribution in [-0.2, 0) is 9.59 Å². The second kappa shape index (κ2) is 8.32. The van der Waals surface area contributed by atoms with E-state index >= 15 is 0 Å². The van der Waals surface area contributed by atoms with Gasteiger partial charge in [-0.1, -0.05) is 19.8 Å². The normalized spacial score (nSPS) is 25.4. The summed E-state index contributed by atoms with van der Waals surface area (Å²) in [5, 5.41) is 2.91. The zero-order chi connectivity index (χ0) is 12.8. The van der Waals surface area contributed by atoms with Crippen molar-refractivity contribution in [2.75, 3.05) is 0 Å². The van der Waals surface area contributed by atoms with Gasteiger partial charge in [-0.15, -0.1) is 12.4 Å². The van der Waals surface area contributed by atoms with Crippen LogP contribution in [0.2, 0.25) is 0 Å². The lowest BCUT2D eigenvalue weighted by Gasteiger charge is -2.18. The van der Waals surface area contributed by atoms with Gasteiger partial charge in [0.15, 0.2) is 0 Å². The van der Waals surface area contributed by atoms with E-state index in [1.54, 1.807) is 0 Å². The summed E-state index contributed by atoms with van der Waals surface area (Å²) >= 11 is 0. The molecule has 1 fully saturated rings. The van der Waals surface area contributed by atoms with E-state index in [1.807, 2.05) is 0 Å². The van der Waals surface area contributed by atoms with Gasteiger partial charge in [-0.3, -0.25) is 9.59 Å². The van der Waals surface area contributed by atoms with Crippen LogP contribution in [0.1, 0.15) is 45.4 Å². The minimum Gasteiger partial charge on any atom is -0.370 e. The lowest BCUT2D eigenvalue weighted by molar-refractivity contribution is -0.126. The van der Waals surface area contributed by atoms with Gasteiger partial charge in [0.1, 0.15) is 0 Å². The summed E-state index contributed by atoms with van der Waals surface area (Å²) in [7, 11) is 0. The van der Waals surface area contributed by atoms with Crippen molar-refractivity contribution in [2.45, 2.75) is 57.5 Å². The fourth-order valence-electron chi connectivity index (χ4n) is 2.25. The highest BCUT2D eigenvalue weighted by atomic mass is 35.5. The van der Waals surface area contributed by atoms with Crippen LogP contribution in [0.25, 0.3) is 0 Å². The topological polar surface area (TPSA) is 98.2 Å². The van der Waals surface area contributed by atoms with Gasteiger partial charge in [0.2, 0.25) is 11.8 Å². The molecule has 6 heteroatoms. The van der Waals surface area contributed by atoms with Crippen LogP contribution in [0.4, 0.5) is 0 Å². The van der Waals surface area contributed by atoms with Gasteiger partial charge in [-0.25, -0.2) is 0 Å². The molecular formula is C12H24ClN3O2. The van der Waals surface area contributed by atoms with Crippen LogP contribution < -0.4 is 16.8 Å². The van der Waals surface area contributed by atoms with E-state index in [2.05, 4.69) is 12.2 Å². The molecule has 1 aliphatic carbocycles. The zero-order valence-corrected chi connectivity index (χ0v) is 11.7. The van der Waals surface area contributed by atoms with Crippen molar-refractivity contribution >= 4 is 24.2 Å². The summed E-state index contributed by atoms with van der Waals surface area (Å²) < 4.78 is 0. The molecular weight excluding hydrogens is 254 g/mol. The number of nitrogens with one attached hydrogen (secondary N) is 1. The van der Waals surface area contributed by atoms with Gasteiger partial charge >= 0.3 is 0 Å². The molecule has 0 spiro atoms. The molecule has 5 N–H and O–H groups in total. The summed E-state index contributed by atoms with van der Waals surface area (Å²) in [4.78, 5) is 22.4. The number of hydrogen-bond acceptors (Lipinski definition) is 3. The monoisotopic (exact) mass is 277 g/mol. The highest BCUT2D eigenvalue weighted by molar-refractivity contribution is 5.87. The molecule has 3 atom stereocenters. The van der Waals surface area contributed by atoms with Crippen LogP contribution >= 0.6 is 12.4 Å². The number of carbonyl (C=O) groups excluding carboxylic acids is 2. The smallest absolute Gasteiger partial charge is 0.237 e. The Labute approximate surface area is 114 Å². The predicted octanol–water partition coefficient (Wildman–Crippen LogP) is 0.696. The number of nitrogens with two attached hydrogens (primary N) is 2. The molecule has 0 aliphatic heterocycles. The molecule has 1 saturated carbocycles. The molecule has 0 heterocycles. The van der Waals surface area contributed by atoms with E-state index in [0.29, 0.717) is 0 Å². The largest absolute Gasteiger partial charge is 0.370 e. The predicted molar refractivity (Wildman–Crippen MR) is 73.2 cm³/mol. The van der Waals surface area contributed by atoms with Crippen LogP contribution in [0.3, 0.4) is 0 Å². The maximum Gasteiger partial charge on any atom is 0.237 e. The van der Waals surface area contributed by atoms with Gasteiger partial charge in [0.05, 0.1) is 12.5 Å². The highest BCUT2D eigenvalue weighted by Gasteiger charge is 2.21. The summed E-state index contributed by atoms with van der Waals surface area (Å²) in [5.74, 6) is -0.0679. The third kappa shape index (κ3) is 6.21. The van der Waals surface area contributed by atoms with Gasteiger partial charge < -0.3 is 16.8 Å². The molecule has 0 saturated heterocycles. The molecule has 18 heavy (non-hydrogen) atoms. The van der Waals surface area contributed by atoms with Crippen molar-refractivity contribution in [3.8, 4) is 0 Å². The first-order valence-corrected chi connectivity index (χ1v) is 6.33. The second-order valence-electron chi connectivity index (χ2n) is 5.10. The minimum atomic E-state index is -0.812. The van der Waals surface area contributed by atoms with E-state index in [4.69, 9.17) is 11.5 Å². The van der Waals surface area contributed by atoms with Gasteiger partial charge in [-0.2, -0.15) is 0 Å². The molecule has 5 nitrogen and oxygen atoms in total. The van der Waals surface area contributed by atoms with Crippen LogP contribution in [0.5, 0.6) is 0 Å². The van der Waals surface area contributed by atoms with Crippen LogP contribution in [0, 0.1) is 5.92 Å². The maximum absolute atomic E-state index is 11.7. The zero-order valence-electron chi connectivity index (χ0n) is 10.9. The Hall–Kier alpha value is -0.810. The van der Waals surface area contributed by atoms with E-state index in [1.165, 1.54) is 6.42 Å². The van der Waals surface area contributed by atoms with Crippen molar-refractivity contribution < 1.29 is 9.59 Å². The van der Waals surface area contributed by atoms with Gasteiger partial charge in [-0.05, 0) is 25.2 Å². The Kier molecular flexibility index (Phi) is 7.95.